The fraction of sp³-hybridized carbons (Fsp3) is 0.125. The summed E-state index contributed by atoms with van der Waals surface area (Å²) in [6.45, 7) is 1.92. The third-order valence-corrected chi connectivity index (χ3v) is 1.81. The van der Waals surface area contributed by atoms with Crippen molar-refractivity contribution in [2.75, 3.05) is 5.43 Å². The van der Waals surface area contributed by atoms with Crippen LogP contribution in [0.1, 0.15) is 5.56 Å². The molecule has 14 heavy (non-hydrogen) atoms. The number of nitrogens with two attached hydrogens (primary N) is 1. The maximum atomic E-state index is 5.12. The second-order valence-electron chi connectivity index (χ2n) is 2.76. The maximum Gasteiger partial charge on any atom is 0.335 e. The second kappa shape index (κ2) is 3.43. The molecule has 0 aliphatic rings. The van der Waals surface area contributed by atoms with Gasteiger partial charge in [-0.2, -0.15) is 4.98 Å². The number of hydrazine groups is 1. The van der Waals surface area contributed by atoms with E-state index in [0.29, 0.717) is 5.82 Å². The summed E-state index contributed by atoms with van der Waals surface area (Å²) in [6.07, 6.45) is 3.41. The SMILES string of the molecule is Cc1cnccc1-c1noc(NN)n1. The molecular weight excluding hydrogens is 182 g/mol. The normalized spacial score (nSPS) is 10.1. The number of nitrogens with one attached hydrogen (secondary N) is 1. The molecule has 0 aliphatic carbocycles. The first-order chi connectivity index (χ1) is 6.81. The summed E-state index contributed by atoms with van der Waals surface area (Å²) in [5.41, 5.74) is 4.14. The van der Waals surface area contributed by atoms with Gasteiger partial charge >= 0.3 is 6.01 Å². The molecule has 6 nitrogen and oxygen atoms in total. The van der Waals surface area contributed by atoms with Crippen LogP contribution >= 0.6 is 0 Å². The third kappa shape index (κ3) is 1.42. The van der Waals surface area contributed by atoms with Crippen molar-refractivity contribution in [3.8, 4) is 11.4 Å². The van der Waals surface area contributed by atoms with E-state index in [4.69, 9.17) is 10.4 Å². The molecule has 0 spiro atoms. The molecule has 0 saturated carbocycles. The van der Waals surface area contributed by atoms with Crippen molar-refractivity contribution in [2.45, 2.75) is 6.92 Å². The van der Waals surface area contributed by atoms with Crippen LogP contribution < -0.4 is 11.3 Å². The minimum absolute atomic E-state index is 0.191. The molecule has 2 aromatic rings. The van der Waals surface area contributed by atoms with E-state index in [1.54, 1.807) is 12.4 Å². The number of nitrogen functional groups attached to an aromatic ring is 1. The van der Waals surface area contributed by atoms with Gasteiger partial charge in [-0.05, 0) is 18.6 Å². The first-order valence-corrected chi connectivity index (χ1v) is 4.02. The number of nitrogens with zero attached hydrogens (tertiary/aromatic N) is 3. The van der Waals surface area contributed by atoms with Crippen LogP contribution in [0.3, 0.4) is 0 Å². The summed E-state index contributed by atoms with van der Waals surface area (Å²) in [7, 11) is 0. The van der Waals surface area contributed by atoms with E-state index in [1.807, 2.05) is 13.0 Å². The van der Waals surface area contributed by atoms with Crippen LogP contribution in [0.4, 0.5) is 6.01 Å². The van der Waals surface area contributed by atoms with Gasteiger partial charge in [-0.3, -0.25) is 10.4 Å². The van der Waals surface area contributed by atoms with Gasteiger partial charge in [0.15, 0.2) is 0 Å². The van der Waals surface area contributed by atoms with Gasteiger partial charge in [-0.15, -0.1) is 0 Å². The quantitative estimate of drug-likeness (QED) is 0.537. The molecule has 0 bridgehead atoms. The molecule has 0 aromatic carbocycles. The van der Waals surface area contributed by atoms with Gasteiger partial charge in [-0.1, -0.05) is 5.16 Å². The molecule has 0 atom stereocenters. The summed E-state index contributed by atoms with van der Waals surface area (Å²) < 4.78 is 4.81. The van der Waals surface area contributed by atoms with Crippen molar-refractivity contribution in [3.63, 3.8) is 0 Å². The fourth-order valence-electron chi connectivity index (χ4n) is 1.12. The van der Waals surface area contributed by atoms with Gasteiger partial charge in [0.2, 0.25) is 5.82 Å². The van der Waals surface area contributed by atoms with E-state index < -0.39 is 0 Å². The van der Waals surface area contributed by atoms with Crippen molar-refractivity contribution in [1.82, 2.24) is 15.1 Å². The Morgan fingerprint density at radius 1 is 1.50 bits per heavy atom. The van der Waals surface area contributed by atoms with Crippen molar-refractivity contribution >= 4 is 6.01 Å². The van der Waals surface area contributed by atoms with Crippen LogP contribution in [-0.2, 0) is 0 Å². The number of hydrogen-bond acceptors (Lipinski definition) is 6. The van der Waals surface area contributed by atoms with Gasteiger partial charge in [0.05, 0.1) is 0 Å². The van der Waals surface area contributed by atoms with Crippen LogP contribution in [0.15, 0.2) is 23.0 Å². The average molecular weight is 191 g/mol. The lowest BCUT2D eigenvalue weighted by Gasteiger charge is -1.96. The van der Waals surface area contributed by atoms with Crippen LogP contribution in [0.25, 0.3) is 11.4 Å². The smallest absolute Gasteiger partial charge is 0.314 e. The minimum Gasteiger partial charge on any atom is -0.314 e. The Bertz CT molecular complexity index is 439. The Morgan fingerprint density at radius 2 is 2.36 bits per heavy atom. The standard InChI is InChI=1S/C8H9N5O/c1-5-4-10-3-2-6(5)7-11-8(12-9)14-13-7/h2-4H,9H2,1H3,(H,11,12,13). The second-order valence-corrected chi connectivity index (χ2v) is 2.76. The Labute approximate surface area is 80.1 Å². The lowest BCUT2D eigenvalue weighted by molar-refractivity contribution is 0.432. The number of hydrogen-bond donors (Lipinski definition) is 2. The van der Waals surface area contributed by atoms with Crippen molar-refractivity contribution in [2.24, 2.45) is 5.84 Å². The average Bonchev–Trinajstić information content (AvgIpc) is 2.67. The van der Waals surface area contributed by atoms with E-state index in [1.165, 1.54) is 0 Å². The summed E-state index contributed by atoms with van der Waals surface area (Å²) in [6, 6.07) is 2.01. The van der Waals surface area contributed by atoms with E-state index in [0.717, 1.165) is 11.1 Å². The zero-order chi connectivity index (χ0) is 9.97. The summed E-state index contributed by atoms with van der Waals surface area (Å²) in [4.78, 5) is 7.99. The van der Waals surface area contributed by atoms with Crippen molar-refractivity contribution in [3.05, 3.63) is 24.0 Å². The molecular formula is C8H9N5O. The predicted molar refractivity (Wildman–Crippen MR) is 50.1 cm³/mol. The van der Waals surface area contributed by atoms with E-state index in [-0.39, 0.29) is 6.01 Å². The number of rotatable bonds is 2. The monoisotopic (exact) mass is 191 g/mol. The number of aryl methyl sites for hydroxylation is 1. The number of pyridine rings is 1. The highest BCUT2D eigenvalue weighted by molar-refractivity contribution is 5.58. The van der Waals surface area contributed by atoms with Gasteiger partial charge in [0.25, 0.3) is 0 Å². The molecule has 3 N–H and O–H groups in total. The highest BCUT2D eigenvalue weighted by Gasteiger charge is 2.08. The van der Waals surface area contributed by atoms with Crippen LogP contribution in [0, 0.1) is 6.92 Å². The van der Waals surface area contributed by atoms with Crippen LogP contribution in [-0.4, -0.2) is 15.1 Å². The summed E-state index contributed by atoms with van der Waals surface area (Å²) >= 11 is 0. The van der Waals surface area contributed by atoms with E-state index >= 15 is 0 Å². The Kier molecular flexibility index (Phi) is 2.11. The first-order valence-electron chi connectivity index (χ1n) is 4.02. The third-order valence-electron chi connectivity index (χ3n) is 1.81. The molecule has 0 radical (unpaired) electrons. The minimum atomic E-state index is 0.191. The zero-order valence-electron chi connectivity index (χ0n) is 7.56. The maximum absolute atomic E-state index is 5.12. The lowest BCUT2D eigenvalue weighted by Crippen LogP contribution is -2.06. The van der Waals surface area contributed by atoms with Crippen LogP contribution in [0.2, 0.25) is 0 Å². The van der Waals surface area contributed by atoms with E-state index in [2.05, 4.69) is 20.6 Å². The Balaban J connectivity index is 2.44. The molecule has 0 fully saturated rings. The highest BCUT2D eigenvalue weighted by Crippen LogP contribution is 2.19. The van der Waals surface area contributed by atoms with Crippen LogP contribution in [0.5, 0.6) is 0 Å². The largest absolute Gasteiger partial charge is 0.335 e. The molecule has 0 unspecified atom stereocenters. The molecule has 72 valence electrons. The predicted octanol–water partition coefficient (Wildman–Crippen LogP) is 0.726. The van der Waals surface area contributed by atoms with Gasteiger partial charge in [0, 0.05) is 18.0 Å². The summed E-state index contributed by atoms with van der Waals surface area (Å²) in [5.74, 6) is 5.62. The van der Waals surface area contributed by atoms with Crippen molar-refractivity contribution < 1.29 is 4.52 Å². The molecule has 6 heteroatoms. The van der Waals surface area contributed by atoms with Gasteiger partial charge < -0.3 is 4.52 Å². The molecule has 0 aliphatic heterocycles. The Morgan fingerprint density at radius 3 is 3.00 bits per heavy atom. The van der Waals surface area contributed by atoms with E-state index in [9.17, 15) is 0 Å². The molecule has 2 aromatic heterocycles. The first kappa shape index (κ1) is 8.64. The Hall–Kier alpha value is -1.95. The van der Waals surface area contributed by atoms with Gasteiger partial charge in [-0.25, -0.2) is 5.84 Å². The topological polar surface area (TPSA) is 89.9 Å². The zero-order valence-corrected chi connectivity index (χ0v) is 7.56. The van der Waals surface area contributed by atoms with Crippen molar-refractivity contribution in [1.29, 1.82) is 0 Å². The highest BCUT2D eigenvalue weighted by atomic mass is 16.5. The summed E-state index contributed by atoms with van der Waals surface area (Å²) in [5, 5.41) is 3.76. The molecule has 2 rings (SSSR count). The van der Waals surface area contributed by atoms with Gasteiger partial charge in [0.1, 0.15) is 0 Å². The molecule has 0 amide bonds. The number of aromatic nitrogens is 3. The molecule has 0 saturated heterocycles. The fourth-order valence-corrected chi connectivity index (χ4v) is 1.12. The molecule has 2 heterocycles. The number of anilines is 1. The lowest BCUT2D eigenvalue weighted by atomic mass is 10.1.